The summed E-state index contributed by atoms with van der Waals surface area (Å²) >= 11 is 0. The van der Waals surface area contributed by atoms with Gasteiger partial charge < -0.3 is 5.73 Å². The molecule has 0 saturated carbocycles. The molecule has 0 saturated heterocycles. The second kappa shape index (κ2) is 3.93. The number of aromatic nitrogens is 3. The normalized spacial score (nSPS) is 10.0. The molecule has 0 aromatic carbocycles. The summed E-state index contributed by atoms with van der Waals surface area (Å²) in [6.45, 7) is 0. The Kier molecular flexibility index (Phi) is 2.47. The summed E-state index contributed by atoms with van der Waals surface area (Å²) in [4.78, 5) is 25.3. The lowest BCUT2D eigenvalue weighted by Crippen LogP contribution is -2.09. The number of nitrogens with zero attached hydrogens (tertiary/aromatic N) is 3. The van der Waals surface area contributed by atoms with Gasteiger partial charge in [-0.15, -0.1) is 0 Å². The Hall–Kier alpha value is -2.50. The third kappa shape index (κ3) is 1.81. The molecule has 0 aliphatic carbocycles. The van der Waals surface area contributed by atoms with Gasteiger partial charge in [-0.2, -0.15) is 5.10 Å². The van der Waals surface area contributed by atoms with E-state index in [0.29, 0.717) is 23.1 Å². The lowest BCUT2D eigenvalue weighted by Gasteiger charge is -1.99. The highest BCUT2D eigenvalue weighted by molar-refractivity contribution is 5.92. The zero-order chi connectivity index (χ0) is 11.5. The molecule has 0 aliphatic heterocycles. The van der Waals surface area contributed by atoms with Crippen LogP contribution in [0.4, 0.5) is 0 Å². The number of pyridine rings is 1. The molecule has 16 heavy (non-hydrogen) atoms. The van der Waals surface area contributed by atoms with Gasteiger partial charge in [-0.1, -0.05) is 0 Å². The van der Waals surface area contributed by atoms with Crippen molar-refractivity contribution < 1.29 is 9.59 Å². The highest BCUT2D eigenvalue weighted by Crippen LogP contribution is 2.07. The minimum Gasteiger partial charge on any atom is -0.366 e. The van der Waals surface area contributed by atoms with Crippen LogP contribution < -0.4 is 5.73 Å². The zero-order valence-electron chi connectivity index (χ0n) is 8.20. The first-order chi connectivity index (χ1) is 7.70. The monoisotopic (exact) mass is 216 g/mol. The summed E-state index contributed by atoms with van der Waals surface area (Å²) in [6, 6.07) is 1.61. The van der Waals surface area contributed by atoms with Gasteiger partial charge >= 0.3 is 0 Å². The number of rotatable bonds is 3. The van der Waals surface area contributed by atoms with Crippen LogP contribution in [-0.2, 0) is 0 Å². The maximum absolute atomic E-state index is 10.9. The molecule has 6 nitrogen and oxygen atoms in total. The van der Waals surface area contributed by atoms with Gasteiger partial charge in [-0.05, 0) is 6.07 Å². The first kappa shape index (κ1) is 10.0. The van der Waals surface area contributed by atoms with Crippen molar-refractivity contribution in [3.63, 3.8) is 0 Å². The molecule has 2 N–H and O–H groups in total. The van der Waals surface area contributed by atoms with E-state index in [-0.39, 0.29) is 0 Å². The van der Waals surface area contributed by atoms with E-state index in [1.807, 2.05) is 0 Å². The molecule has 0 atom stereocenters. The lowest BCUT2D eigenvalue weighted by molar-refractivity contribution is 0.0999. The van der Waals surface area contributed by atoms with Crippen molar-refractivity contribution in [2.24, 2.45) is 5.73 Å². The van der Waals surface area contributed by atoms with Crippen LogP contribution >= 0.6 is 0 Å². The van der Waals surface area contributed by atoms with Crippen LogP contribution in [0.3, 0.4) is 0 Å². The number of aldehydes is 1. The number of primary amides is 1. The maximum Gasteiger partial charge on any atom is 0.251 e. The first-order valence-electron chi connectivity index (χ1n) is 4.46. The lowest BCUT2D eigenvalue weighted by atomic mass is 10.3. The fourth-order valence-electron chi connectivity index (χ4n) is 1.23. The predicted molar refractivity (Wildman–Crippen MR) is 55.3 cm³/mol. The van der Waals surface area contributed by atoms with Gasteiger partial charge in [0, 0.05) is 18.0 Å². The van der Waals surface area contributed by atoms with E-state index >= 15 is 0 Å². The van der Waals surface area contributed by atoms with Crippen LogP contribution in [0.1, 0.15) is 20.7 Å². The Morgan fingerprint density at radius 1 is 1.38 bits per heavy atom. The van der Waals surface area contributed by atoms with E-state index in [0.717, 1.165) is 0 Å². The topological polar surface area (TPSA) is 90.9 Å². The Labute approximate surface area is 90.7 Å². The molecule has 0 bridgehead atoms. The molecule has 0 fully saturated rings. The maximum atomic E-state index is 10.9. The predicted octanol–water partition coefficient (Wildman–Crippen LogP) is 0.179. The molecule has 80 valence electrons. The largest absolute Gasteiger partial charge is 0.366 e. The van der Waals surface area contributed by atoms with Gasteiger partial charge in [0.2, 0.25) is 0 Å². The SMILES string of the molecule is NC(=O)c1cnn(-c2cncc(C=O)c2)c1. The van der Waals surface area contributed by atoms with E-state index < -0.39 is 5.91 Å². The van der Waals surface area contributed by atoms with Crippen LogP contribution in [0.25, 0.3) is 5.69 Å². The summed E-state index contributed by atoms with van der Waals surface area (Å²) in [5, 5.41) is 3.94. The van der Waals surface area contributed by atoms with Gasteiger partial charge in [0.15, 0.2) is 6.29 Å². The van der Waals surface area contributed by atoms with Crippen molar-refractivity contribution in [1.29, 1.82) is 0 Å². The van der Waals surface area contributed by atoms with Gasteiger partial charge in [0.25, 0.3) is 5.91 Å². The fraction of sp³-hybridized carbons (Fsp3) is 0. The van der Waals surface area contributed by atoms with E-state index in [2.05, 4.69) is 10.1 Å². The van der Waals surface area contributed by atoms with E-state index in [4.69, 9.17) is 5.73 Å². The number of hydrogen-bond donors (Lipinski definition) is 1. The molecule has 2 aromatic heterocycles. The minimum absolute atomic E-state index is 0.302. The van der Waals surface area contributed by atoms with Crippen molar-refractivity contribution >= 4 is 12.2 Å². The van der Waals surface area contributed by atoms with Crippen LogP contribution in [-0.4, -0.2) is 27.0 Å². The Morgan fingerprint density at radius 3 is 2.81 bits per heavy atom. The Morgan fingerprint density at radius 2 is 2.19 bits per heavy atom. The molecule has 2 aromatic rings. The quantitative estimate of drug-likeness (QED) is 0.741. The Balaban J connectivity index is 2.42. The van der Waals surface area contributed by atoms with Crippen molar-refractivity contribution in [2.75, 3.05) is 0 Å². The molecule has 2 rings (SSSR count). The molecule has 0 spiro atoms. The van der Waals surface area contributed by atoms with Crippen LogP contribution in [0.15, 0.2) is 30.9 Å². The van der Waals surface area contributed by atoms with E-state index in [1.165, 1.54) is 29.5 Å². The summed E-state index contributed by atoms with van der Waals surface area (Å²) in [7, 11) is 0. The van der Waals surface area contributed by atoms with Crippen molar-refractivity contribution in [3.8, 4) is 5.69 Å². The standard InChI is InChI=1S/C10H8N4O2/c11-10(16)8-3-13-14(5-8)9-1-7(6-15)2-12-4-9/h1-6H,(H2,11,16). The number of carbonyl (C=O) groups excluding carboxylic acids is 2. The zero-order valence-corrected chi connectivity index (χ0v) is 8.20. The van der Waals surface area contributed by atoms with E-state index in [9.17, 15) is 9.59 Å². The first-order valence-corrected chi connectivity index (χ1v) is 4.46. The third-order valence-electron chi connectivity index (χ3n) is 2.01. The van der Waals surface area contributed by atoms with Gasteiger partial charge in [0.1, 0.15) is 0 Å². The van der Waals surface area contributed by atoms with Crippen molar-refractivity contribution in [3.05, 3.63) is 42.0 Å². The van der Waals surface area contributed by atoms with Gasteiger partial charge in [0.05, 0.1) is 23.6 Å². The molecule has 6 heteroatoms. The molecule has 0 unspecified atom stereocenters. The summed E-state index contributed by atoms with van der Waals surface area (Å²) in [5.74, 6) is -0.550. The molecular formula is C10H8N4O2. The molecule has 1 amide bonds. The van der Waals surface area contributed by atoms with Gasteiger partial charge in [-0.25, -0.2) is 4.68 Å². The van der Waals surface area contributed by atoms with Crippen LogP contribution in [0.2, 0.25) is 0 Å². The Bertz CT molecular complexity index is 547. The van der Waals surface area contributed by atoms with Crippen molar-refractivity contribution in [1.82, 2.24) is 14.8 Å². The van der Waals surface area contributed by atoms with Crippen LogP contribution in [0.5, 0.6) is 0 Å². The van der Waals surface area contributed by atoms with Gasteiger partial charge in [-0.3, -0.25) is 14.6 Å². The van der Waals surface area contributed by atoms with Crippen molar-refractivity contribution in [2.45, 2.75) is 0 Å². The minimum atomic E-state index is -0.550. The molecule has 2 heterocycles. The highest BCUT2D eigenvalue weighted by atomic mass is 16.1. The molecule has 0 aliphatic rings. The summed E-state index contributed by atoms with van der Waals surface area (Å²) < 4.78 is 1.43. The van der Waals surface area contributed by atoms with E-state index in [1.54, 1.807) is 6.07 Å². The fourth-order valence-corrected chi connectivity index (χ4v) is 1.23. The number of amides is 1. The number of nitrogens with two attached hydrogens (primary N) is 1. The number of carbonyl (C=O) groups is 2. The number of hydrogen-bond acceptors (Lipinski definition) is 4. The second-order valence-corrected chi connectivity index (χ2v) is 3.13. The van der Waals surface area contributed by atoms with Crippen LogP contribution in [0, 0.1) is 0 Å². The summed E-state index contributed by atoms with van der Waals surface area (Å²) in [5.41, 5.74) is 6.43. The average Bonchev–Trinajstić information content (AvgIpc) is 2.78. The molecule has 0 radical (unpaired) electrons. The second-order valence-electron chi connectivity index (χ2n) is 3.13. The average molecular weight is 216 g/mol. The third-order valence-corrected chi connectivity index (χ3v) is 2.01. The summed E-state index contributed by atoms with van der Waals surface area (Å²) in [6.07, 6.45) is 6.50. The highest BCUT2D eigenvalue weighted by Gasteiger charge is 2.05. The smallest absolute Gasteiger partial charge is 0.251 e. The molecular weight excluding hydrogens is 208 g/mol.